The number of aliphatic hydroxyl groups excluding tert-OH is 1. The Morgan fingerprint density at radius 3 is 2.46 bits per heavy atom. The molecular weight excluding hydrogens is 485 g/mol. The molecule has 0 radical (unpaired) electrons. The summed E-state index contributed by atoms with van der Waals surface area (Å²) in [6.45, 7) is 5.37. The highest BCUT2D eigenvalue weighted by atomic mass is 32.2. The van der Waals surface area contributed by atoms with Gasteiger partial charge >= 0.3 is 6.36 Å². The van der Waals surface area contributed by atoms with E-state index < -0.39 is 33.6 Å². The molecule has 192 valence electrons. The number of ketones is 1. The van der Waals surface area contributed by atoms with Gasteiger partial charge in [0.15, 0.2) is 9.84 Å². The minimum absolute atomic E-state index is 0.00988. The largest absolute Gasteiger partial charge is 0.573 e. The van der Waals surface area contributed by atoms with Gasteiger partial charge in [0.05, 0.1) is 19.0 Å². The zero-order chi connectivity index (χ0) is 26.2. The lowest BCUT2D eigenvalue weighted by Crippen LogP contribution is -2.23. The maximum Gasteiger partial charge on any atom is 0.573 e. The van der Waals surface area contributed by atoms with Gasteiger partial charge in [0, 0.05) is 12.3 Å². The second-order valence-corrected chi connectivity index (χ2v) is 10.2. The third kappa shape index (κ3) is 8.70. The van der Waals surface area contributed by atoms with Crippen molar-refractivity contribution in [1.29, 1.82) is 0 Å². The van der Waals surface area contributed by atoms with Crippen LogP contribution in [-0.2, 0) is 20.4 Å². The third-order valence-corrected chi connectivity index (χ3v) is 6.86. The number of carbonyl (C=O) groups is 1. The fourth-order valence-electron chi connectivity index (χ4n) is 3.43. The molecule has 0 fully saturated rings. The summed E-state index contributed by atoms with van der Waals surface area (Å²) in [5, 5.41) is 9.38. The second-order valence-electron chi connectivity index (χ2n) is 8.20. The Morgan fingerprint density at radius 2 is 1.86 bits per heavy atom. The van der Waals surface area contributed by atoms with Crippen LogP contribution < -0.4 is 9.47 Å². The number of carbonyl (C=O) groups excluding carboxylic acids is 1. The van der Waals surface area contributed by atoms with Crippen LogP contribution in [-0.4, -0.2) is 38.9 Å². The highest BCUT2D eigenvalue weighted by Crippen LogP contribution is 2.30. The van der Waals surface area contributed by atoms with E-state index in [0.717, 1.165) is 12.1 Å². The summed E-state index contributed by atoms with van der Waals surface area (Å²) < 4.78 is 72.9. The molecule has 0 aliphatic heterocycles. The summed E-state index contributed by atoms with van der Waals surface area (Å²) in [5.41, 5.74) is 0.728. The van der Waals surface area contributed by atoms with Gasteiger partial charge in [0.2, 0.25) is 0 Å². The van der Waals surface area contributed by atoms with Crippen LogP contribution in [0.1, 0.15) is 38.3 Å². The SMILES string of the molecule is CCOc1cc(/C=C/CC(=O)[C@H](CO)C(C)C)ccc1S(=O)(=O)Cc1cccc(OC(F)(F)F)c1. The molecule has 0 spiro atoms. The lowest BCUT2D eigenvalue weighted by molar-refractivity contribution is -0.274. The van der Waals surface area contributed by atoms with Crippen molar-refractivity contribution in [2.24, 2.45) is 11.8 Å². The topological polar surface area (TPSA) is 89.9 Å². The molecule has 2 aromatic rings. The zero-order valence-corrected chi connectivity index (χ0v) is 20.5. The van der Waals surface area contributed by atoms with Crippen molar-refractivity contribution in [2.75, 3.05) is 13.2 Å². The Balaban J connectivity index is 2.24. The minimum atomic E-state index is -4.89. The first-order chi connectivity index (χ1) is 16.4. The quantitative estimate of drug-likeness (QED) is 0.419. The minimum Gasteiger partial charge on any atom is -0.492 e. The van der Waals surface area contributed by atoms with Crippen molar-refractivity contribution >= 4 is 21.7 Å². The molecule has 2 aromatic carbocycles. The predicted molar refractivity (Wildman–Crippen MR) is 126 cm³/mol. The molecule has 0 bridgehead atoms. The maximum atomic E-state index is 13.1. The van der Waals surface area contributed by atoms with Gasteiger partial charge in [0.25, 0.3) is 0 Å². The Kier molecular flexibility index (Phi) is 9.91. The lowest BCUT2D eigenvalue weighted by Gasteiger charge is -2.15. The number of aliphatic hydroxyl groups is 1. The van der Waals surface area contributed by atoms with Crippen molar-refractivity contribution in [1.82, 2.24) is 0 Å². The number of sulfone groups is 1. The van der Waals surface area contributed by atoms with E-state index in [4.69, 9.17) is 4.74 Å². The normalized spacial score (nSPS) is 13.3. The summed E-state index contributed by atoms with van der Waals surface area (Å²) >= 11 is 0. The van der Waals surface area contributed by atoms with Crippen molar-refractivity contribution in [2.45, 2.75) is 44.2 Å². The predicted octanol–water partition coefficient (Wildman–Crippen LogP) is 5.19. The van der Waals surface area contributed by atoms with E-state index in [1.807, 2.05) is 13.8 Å². The van der Waals surface area contributed by atoms with E-state index in [2.05, 4.69) is 4.74 Å². The van der Waals surface area contributed by atoms with Crippen LogP contribution in [0.25, 0.3) is 6.08 Å². The van der Waals surface area contributed by atoms with E-state index in [-0.39, 0.29) is 47.5 Å². The molecule has 0 amide bonds. The number of Topliss-reactive ketones (excluding diaryl/α,β-unsaturated/α-hetero) is 1. The van der Waals surface area contributed by atoms with Crippen LogP contribution in [0.3, 0.4) is 0 Å². The van der Waals surface area contributed by atoms with Crippen molar-refractivity contribution in [3.63, 3.8) is 0 Å². The molecule has 0 heterocycles. The average Bonchev–Trinajstić information content (AvgIpc) is 2.73. The number of allylic oxidation sites excluding steroid dienone is 1. The lowest BCUT2D eigenvalue weighted by atomic mass is 9.90. The Hall–Kier alpha value is -2.85. The first-order valence-corrected chi connectivity index (χ1v) is 12.7. The molecule has 2 rings (SSSR count). The van der Waals surface area contributed by atoms with Gasteiger partial charge in [-0.25, -0.2) is 8.42 Å². The molecule has 0 unspecified atom stereocenters. The monoisotopic (exact) mass is 514 g/mol. The molecule has 0 aliphatic carbocycles. The van der Waals surface area contributed by atoms with Crippen LogP contribution in [0.15, 0.2) is 53.4 Å². The third-order valence-electron chi connectivity index (χ3n) is 5.14. The number of alkyl halides is 3. The van der Waals surface area contributed by atoms with Crippen LogP contribution in [0.5, 0.6) is 11.5 Å². The van der Waals surface area contributed by atoms with Crippen molar-refractivity contribution in [3.05, 3.63) is 59.7 Å². The molecule has 1 N–H and O–H groups in total. The van der Waals surface area contributed by atoms with E-state index in [1.165, 1.54) is 24.3 Å². The fourth-order valence-corrected chi connectivity index (χ4v) is 4.90. The van der Waals surface area contributed by atoms with E-state index in [1.54, 1.807) is 25.1 Å². The van der Waals surface area contributed by atoms with Gasteiger partial charge in [-0.15, -0.1) is 13.2 Å². The molecule has 0 saturated carbocycles. The van der Waals surface area contributed by atoms with Gasteiger partial charge in [-0.3, -0.25) is 4.79 Å². The smallest absolute Gasteiger partial charge is 0.492 e. The average molecular weight is 515 g/mol. The molecule has 35 heavy (non-hydrogen) atoms. The highest BCUT2D eigenvalue weighted by molar-refractivity contribution is 7.90. The summed E-state index contributed by atoms with van der Waals surface area (Å²) in [4.78, 5) is 12.1. The summed E-state index contributed by atoms with van der Waals surface area (Å²) in [6.07, 6.45) is -1.48. The molecular formula is C25H29F3O6S. The number of hydrogen-bond acceptors (Lipinski definition) is 6. The standard InChI is InChI=1S/C25H29F3O6S/c1-4-33-23-14-18(7-6-10-22(30)21(15-29)17(2)3)11-12-24(23)35(31,32)16-19-8-5-9-20(13-19)34-25(26,27)28/h5-9,11-14,17,21,29H,4,10,15-16H2,1-3H3/b7-6+/t21-/m1/s1. The van der Waals surface area contributed by atoms with Crippen molar-refractivity contribution < 1.29 is 41.0 Å². The number of benzene rings is 2. The van der Waals surface area contributed by atoms with Crippen LogP contribution in [0, 0.1) is 11.8 Å². The Morgan fingerprint density at radius 1 is 1.14 bits per heavy atom. The molecule has 10 heteroatoms. The number of hydrogen-bond donors (Lipinski definition) is 1. The van der Waals surface area contributed by atoms with Gasteiger partial charge in [0.1, 0.15) is 22.2 Å². The van der Waals surface area contributed by atoms with Crippen LogP contribution in [0.4, 0.5) is 13.2 Å². The zero-order valence-electron chi connectivity index (χ0n) is 19.7. The summed E-state index contributed by atoms with van der Waals surface area (Å²) in [7, 11) is -3.97. The van der Waals surface area contributed by atoms with Crippen LogP contribution >= 0.6 is 0 Å². The summed E-state index contributed by atoms with van der Waals surface area (Å²) in [5.74, 6) is -1.50. The van der Waals surface area contributed by atoms with E-state index in [9.17, 15) is 31.5 Å². The first-order valence-electron chi connectivity index (χ1n) is 11.0. The van der Waals surface area contributed by atoms with Gasteiger partial charge < -0.3 is 14.6 Å². The van der Waals surface area contributed by atoms with Crippen LogP contribution in [0.2, 0.25) is 0 Å². The van der Waals surface area contributed by atoms with Gasteiger partial charge in [-0.05, 0) is 48.2 Å². The highest BCUT2D eigenvalue weighted by Gasteiger charge is 2.31. The molecule has 1 atom stereocenters. The Bertz CT molecular complexity index is 1140. The van der Waals surface area contributed by atoms with Crippen molar-refractivity contribution in [3.8, 4) is 11.5 Å². The molecule has 6 nitrogen and oxygen atoms in total. The van der Waals surface area contributed by atoms with E-state index >= 15 is 0 Å². The summed E-state index contributed by atoms with van der Waals surface area (Å²) in [6, 6.07) is 9.22. The van der Waals surface area contributed by atoms with E-state index in [0.29, 0.717) is 5.56 Å². The Labute approximate surface area is 203 Å². The van der Waals surface area contributed by atoms with Gasteiger partial charge in [-0.1, -0.05) is 44.2 Å². The first kappa shape index (κ1) is 28.4. The molecule has 0 saturated heterocycles. The molecule has 0 aliphatic rings. The maximum absolute atomic E-state index is 13.1. The second kappa shape index (κ2) is 12.2. The van der Waals surface area contributed by atoms with Gasteiger partial charge in [-0.2, -0.15) is 0 Å². The number of ether oxygens (including phenoxy) is 2. The fraction of sp³-hybridized carbons (Fsp3) is 0.400. The number of rotatable bonds is 12. The number of halogens is 3. The molecule has 0 aromatic heterocycles.